The van der Waals surface area contributed by atoms with Crippen molar-refractivity contribution in [2.45, 2.75) is 43.6 Å². The van der Waals surface area contributed by atoms with E-state index in [0.717, 1.165) is 10.5 Å². The maximum absolute atomic E-state index is 2.41. The predicted molar refractivity (Wildman–Crippen MR) is 41.8 cm³/mol. The summed E-state index contributed by atoms with van der Waals surface area (Å²) < 4.78 is 1.03. The Labute approximate surface area is 67.6 Å². The van der Waals surface area contributed by atoms with Crippen molar-refractivity contribution in [3.63, 3.8) is 0 Å². The Morgan fingerprint density at radius 3 is 2.67 bits per heavy atom. The molecular formula is C8H15Li. The molecule has 0 N–H and O–H groups in total. The number of rotatable bonds is 2. The molecule has 0 spiro atoms. The fraction of sp³-hybridized carbons (Fsp3) is 1.00. The van der Waals surface area contributed by atoms with Crippen molar-refractivity contribution in [2.75, 3.05) is 0 Å². The molecule has 0 aromatic carbocycles. The van der Waals surface area contributed by atoms with Gasteiger partial charge < -0.3 is 0 Å². The molecule has 1 rings (SSSR count). The molecule has 48 valence electrons. The number of hydrogen-bond acceptors (Lipinski definition) is 0. The molecular weight excluding hydrogens is 103 g/mol. The van der Waals surface area contributed by atoms with Gasteiger partial charge in [0.1, 0.15) is 0 Å². The average Bonchev–Trinajstić information content (AvgIpc) is 2.18. The second kappa shape index (κ2) is 3.69. The quantitative estimate of drug-likeness (QED) is 0.489. The van der Waals surface area contributed by atoms with Gasteiger partial charge in [0.2, 0.25) is 0 Å². The normalized spacial score (nSPS) is 35.4. The summed E-state index contributed by atoms with van der Waals surface area (Å²) in [5.74, 6) is 1.08. The van der Waals surface area contributed by atoms with Crippen LogP contribution in [-0.2, 0) is 0 Å². The van der Waals surface area contributed by atoms with E-state index in [4.69, 9.17) is 0 Å². The van der Waals surface area contributed by atoms with Gasteiger partial charge in [-0.1, -0.05) is 0 Å². The van der Waals surface area contributed by atoms with Crippen molar-refractivity contribution in [2.24, 2.45) is 5.92 Å². The van der Waals surface area contributed by atoms with Crippen LogP contribution in [0.15, 0.2) is 0 Å². The summed E-state index contributed by atoms with van der Waals surface area (Å²) in [6.07, 6.45) is 7.35. The van der Waals surface area contributed by atoms with Crippen LogP contribution >= 0.6 is 0 Å². The van der Waals surface area contributed by atoms with Crippen LogP contribution in [0.1, 0.15) is 39.0 Å². The second-order valence-corrected chi connectivity index (χ2v) is 3.46. The fourth-order valence-electron chi connectivity index (χ4n) is 2.02. The van der Waals surface area contributed by atoms with E-state index in [0.29, 0.717) is 0 Å². The summed E-state index contributed by atoms with van der Waals surface area (Å²) in [4.78, 5) is 0. The van der Waals surface area contributed by atoms with Crippen molar-refractivity contribution in [3.05, 3.63) is 0 Å². The molecule has 0 bridgehead atoms. The molecule has 9 heavy (non-hydrogen) atoms. The Kier molecular flexibility index (Phi) is 3.16. The van der Waals surface area contributed by atoms with Gasteiger partial charge in [0.25, 0.3) is 0 Å². The third-order valence-electron chi connectivity index (χ3n) is 2.70. The zero-order valence-electron chi connectivity index (χ0n) is 6.69. The van der Waals surface area contributed by atoms with E-state index in [1.807, 2.05) is 0 Å². The van der Waals surface area contributed by atoms with Crippen LogP contribution in [0.4, 0.5) is 0 Å². The molecule has 1 saturated carbocycles. The first-order valence-corrected chi connectivity index (χ1v) is 4.34. The van der Waals surface area contributed by atoms with Crippen LogP contribution in [0, 0.1) is 5.92 Å². The van der Waals surface area contributed by atoms with E-state index in [1.165, 1.54) is 32.1 Å². The summed E-state index contributed by atoms with van der Waals surface area (Å²) >= 11 is 2.41. The van der Waals surface area contributed by atoms with E-state index in [-0.39, 0.29) is 0 Å². The Morgan fingerprint density at radius 1 is 1.44 bits per heavy atom. The molecule has 0 aromatic rings. The maximum atomic E-state index is 2.41. The van der Waals surface area contributed by atoms with Crippen molar-refractivity contribution >= 4 is 17.7 Å². The van der Waals surface area contributed by atoms with Gasteiger partial charge in [0.15, 0.2) is 0 Å². The van der Waals surface area contributed by atoms with E-state index < -0.39 is 0 Å². The molecule has 1 aliphatic rings. The molecule has 1 aliphatic carbocycles. The third-order valence-corrected chi connectivity index (χ3v) is 2.70. The van der Waals surface area contributed by atoms with Crippen LogP contribution in [0.5, 0.6) is 0 Å². The Hall–Kier alpha value is 0.597. The predicted octanol–water partition coefficient (Wildman–Crippen LogP) is 2.54. The van der Waals surface area contributed by atoms with E-state index in [9.17, 15) is 0 Å². The molecule has 1 heteroatoms. The van der Waals surface area contributed by atoms with Gasteiger partial charge in [-0.2, -0.15) is 0 Å². The minimum absolute atomic E-state index is 1.03. The zero-order chi connectivity index (χ0) is 6.69. The van der Waals surface area contributed by atoms with Gasteiger partial charge >= 0.3 is 67.3 Å². The van der Waals surface area contributed by atoms with Crippen molar-refractivity contribution in [3.8, 4) is 0 Å². The molecule has 0 heterocycles. The van der Waals surface area contributed by atoms with Crippen molar-refractivity contribution < 1.29 is 0 Å². The number of hydrogen-bond donors (Lipinski definition) is 0. The molecule has 0 nitrogen and oxygen atoms in total. The van der Waals surface area contributed by atoms with Crippen LogP contribution in [0.3, 0.4) is 0 Å². The molecule has 0 saturated heterocycles. The van der Waals surface area contributed by atoms with Crippen molar-refractivity contribution in [1.82, 2.24) is 0 Å². The third kappa shape index (κ3) is 2.02. The van der Waals surface area contributed by atoms with Gasteiger partial charge in [-0.15, -0.1) is 0 Å². The first kappa shape index (κ1) is 7.70. The van der Waals surface area contributed by atoms with Gasteiger partial charge in [-0.05, 0) is 0 Å². The first-order valence-electron chi connectivity index (χ1n) is 4.34. The summed E-state index contributed by atoms with van der Waals surface area (Å²) in [7, 11) is 0. The molecule has 0 amide bonds. The van der Waals surface area contributed by atoms with E-state index >= 15 is 0 Å². The van der Waals surface area contributed by atoms with E-state index in [2.05, 4.69) is 24.6 Å². The summed E-state index contributed by atoms with van der Waals surface area (Å²) in [6, 6.07) is 0. The van der Waals surface area contributed by atoms with Gasteiger partial charge in [-0.3, -0.25) is 0 Å². The zero-order valence-corrected chi connectivity index (χ0v) is 6.69. The Morgan fingerprint density at radius 2 is 2.22 bits per heavy atom. The monoisotopic (exact) mass is 118 g/mol. The molecule has 0 aliphatic heterocycles. The SMILES string of the molecule is [Li][CH]1CCCC1CCC. The van der Waals surface area contributed by atoms with Crippen molar-refractivity contribution in [1.29, 1.82) is 0 Å². The van der Waals surface area contributed by atoms with Crippen LogP contribution in [-0.4, -0.2) is 17.7 Å². The van der Waals surface area contributed by atoms with Crippen LogP contribution in [0.2, 0.25) is 4.59 Å². The average molecular weight is 118 g/mol. The van der Waals surface area contributed by atoms with Crippen LogP contribution < -0.4 is 0 Å². The summed E-state index contributed by atoms with van der Waals surface area (Å²) in [6.45, 7) is 2.30. The van der Waals surface area contributed by atoms with Crippen LogP contribution in [0.25, 0.3) is 0 Å². The standard InChI is InChI=1S/C8H15.Li/c1-2-5-8-6-3-4-7-8;/h6,8H,2-5,7H2,1H3;. The summed E-state index contributed by atoms with van der Waals surface area (Å²) in [5, 5.41) is 0. The molecule has 2 unspecified atom stereocenters. The van der Waals surface area contributed by atoms with Gasteiger partial charge in [-0.25, -0.2) is 0 Å². The fourth-order valence-corrected chi connectivity index (χ4v) is 2.02. The minimum atomic E-state index is 1.03. The molecule has 0 aromatic heterocycles. The Bertz CT molecular complexity index is 80.6. The topological polar surface area (TPSA) is 0 Å². The van der Waals surface area contributed by atoms with Gasteiger partial charge in [0, 0.05) is 0 Å². The van der Waals surface area contributed by atoms with E-state index in [1.54, 1.807) is 0 Å². The summed E-state index contributed by atoms with van der Waals surface area (Å²) in [5.41, 5.74) is 0. The first-order chi connectivity index (χ1) is 4.34. The van der Waals surface area contributed by atoms with Gasteiger partial charge in [0.05, 0.1) is 0 Å². The molecule has 1 fully saturated rings. The second-order valence-electron chi connectivity index (χ2n) is 3.46. The molecule has 0 radical (unpaired) electrons. The Balaban J connectivity index is 2.22. The molecule has 2 atom stereocenters.